The summed E-state index contributed by atoms with van der Waals surface area (Å²) >= 11 is 0. The minimum atomic E-state index is -0.536. The van der Waals surface area contributed by atoms with Crippen LogP contribution in [0, 0.1) is 23.1 Å². The van der Waals surface area contributed by atoms with Crippen molar-refractivity contribution in [2.24, 2.45) is 5.92 Å². The lowest BCUT2D eigenvalue weighted by molar-refractivity contribution is -0.117. The third kappa shape index (κ3) is 3.16. The summed E-state index contributed by atoms with van der Waals surface area (Å²) in [5, 5.41) is 11.6. The van der Waals surface area contributed by atoms with E-state index >= 15 is 0 Å². The van der Waals surface area contributed by atoms with Gasteiger partial charge in [0, 0.05) is 11.6 Å². The average molecular weight is 310 g/mol. The van der Waals surface area contributed by atoms with Crippen LogP contribution < -0.4 is 10.1 Å². The maximum Gasteiger partial charge on any atom is 0.228 e. The van der Waals surface area contributed by atoms with Gasteiger partial charge in [0.1, 0.15) is 17.6 Å². The highest BCUT2D eigenvalue weighted by molar-refractivity contribution is 5.95. The van der Waals surface area contributed by atoms with Gasteiger partial charge in [-0.2, -0.15) is 5.26 Å². The van der Waals surface area contributed by atoms with Crippen LogP contribution in [0.3, 0.4) is 0 Å². The number of methoxy groups -OCH3 is 1. The second-order valence-corrected chi connectivity index (χ2v) is 5.52. The van der Waals surface area contributed by atoms with E-state index in [1.807, 2.05) is 0 Å². The number of benzene rings is 2. The maximum absolute atomic E-state index is 13.7. The van der Waals surface area contributed by atoms with Crippen molar-refractivity contribution in [3.63, 3.8) is 0 Å². The van der Waals surface area contributed by atoms with Gasteiger partial charge in [0.15, 0.2) is 0 Å². The molecule has 1 amide bonds. The van der Waals surface area contributed by atoms with Gasteiger partial charge in [-0.25, -0.2) is 4.39 Å². The summed E-state index contributed by atoms with van der Waals surface area (Å²) in [5.74, 6) is -0.0450. The number of rotatable bonds is 4. The van der Waals surface area contributed by atoms with Gasteiger partial charge in [0.05, 0.1) is 12.7 Å². The Morgan fingerprint density at radius 3 is 2.65 bits per heavy atom. The predicted molar refractivity (Wildman–Crippen MR) is 83.6 cm³/mol. The Labute approximate surface area is 133 Å². The van der Waals surface area contributed by atoms with Crippen molar-refractivity contribution in [2.75, 3.05) is 12.4 Å². The fourth-order valence-corrected chi connectivity index (χ4v) is 2.62. The number of hydrogen-bond donors (Lipinski definition) is 1. The number of halogens is 1. The molecule has 5 heteroatoms. The Balaban J connectivity index is 1.64. The molecule has 0 aromatic heterocycles. The number of hydrogen-bond acceptors (Lipinski definition) is 3. The first-order valence-electron chi connectivity index (χ1n) is 7.27. The lowest BCUT2D eigenvalue weighted by Gasteiger charge is -2.06. The summed E-state index contributed by atoms with van der Waals surface area (Å²) in [6.45, 7) is 0. The zero-order chi connectivity index (χ0) is 16.4. The summed E-state index contributed by atoms with van der Waals surface area (Å²) in [4.78, 5) is 12.2. The zero-order valence-corrected chi connectivity index (χ0v) is 12.5. The fourth-order valence-electron chi connectivity index (χ4n) is 2.62. The van der Waals surface area contributed by atoms with E-state index in [-0.39, 0.29) is 23.3 Å². The molecule has 0 heterocycles. The van der Waals surface area contributed by atoms with E-state index in [9.17, 15) is 9.18 Å². The van der Waals surface area contributed by atoms with E-state index < -0.39 is 5.82 Å². The SMILES string of the molecule is COc1ccc(NC(=O)C2CC2c2ccc(C#N)c(F)c2)cc1. The molecule has 2 atom stereocenters. The van der Waals surface area contributed by atoms with Crippen LogP contribution in [0.1, 0.15) is 23.5 Å². The van der Waals surface area contributed by atoms with Gasteiger partial charge in [0.25, 0.3) is 0 Å². The molecule has 0 saturated heterocycles. The monoisotopic (exact) mass is 310 g/mol. The smallest absolute Gasteiger partial charge is 0.228 e. The number of anilines is 1. The molecule has 0 radical (unpaired) electrons. The van der Waals surface area contributed by atoms with Gasteiger partial charge in [-0.1, -0.05) is 6.07 Å². The van der Waals surface area contributed by atoms with Crippen molar-refractivity contribution in [1.82, 2.24) is 0 Å². The summed E-state index contributed by atoms with van der Waals surface area (Å²) < 4.78 is 18.7. The molecule has 1 aliphatic carbocycles. The van der Waals surface area contributed by atoms with Crippen molar-refractivity contribution in [3.8, 4) is 11.8 Å². The van der Waals surface area contributed by atoms with Crippen LogP contribution in [0.2, 0.25) is 0 Å². The van der Waals surface area contributed by atoms with E-state index in [4.69, 9.17) is 10.00 Å². The minimum absolute atomic E-state index is 0.00971. The van der Waals surface area contributed by atoms with Crippen LogP contribution in [0.5, 0.6) is 5.75 Å². The molecule has 1 aliphatic rings. The van der Waals surface area contributed by atoms with Gasteiger partial charge in [0.2, 0.25) is 5.91 Å². The lowest BCUT2D eigenvalue weighted by atomic mass is 10.1. The van der Waals surface area contributed by atoms with Crippen LogP contribution >= 0.6 is 0 Å². The molecular formula is C18H15FN2O2. The van der Waals surface area contributed by atoms with Gasteiger partial charge in [-0.3, -0.25) is 4.79 Å². The Hall–Kier alpha value is -2.87. The Morgan fingerprint density at radius 2 is 2.04 bits per heavy atom. The minimum Gasteiger partial charge on any atom is -0.497 e. The van der Waals surface area contributed by atoms with Crippen molar-refractivity contribution in [2.45, 2.75) is 12.3 Å². The predicted octanol–water partition coefficient (Wildman–Crippen LogP) is 3.45. The summed E-state index contributed by atoms with van der Waals surface area (Å²) in [7, 11) is 1.58. The second-order valence-electron chi connectivity index (χ2n) is 5.52. The van der Waals surface area contributed by atoms with Crippen LogP contribution in [0.4, 0.5) is 10.1 Å². The molecular weight excluding hydrogens is 295 g/mol. The number of amides is 1. The van der Waals surface area contributed by atoms with Crippen molar-refractivity contribution in [3.05, 3.63) is 59.4 Å². The Bertz CT molecular complexity index is 781. The van der Waals surface area contributed by atoms with Crippen LogP contribution in [-0.4, -0.2) is 13.0 Å². The summed E-state index contributed by atoms with van der Waals surface area (Å²) in [5.41, 5.74) is 1.48. The van der Waals surface area contributed by atoms with Crippen LogP contribution in [0.15, 0.2) is 42.5 Å². The molecule has 116 valence electrons. The standard InChI is InChI=1S/C18H15FN2O2/c1-23-14-6-4-13(5-7-14)21-18(22)16-9-15(16)11-2-3-12(10-20)17(19)8-11/h2-8,15-16H,9H2,1H3,(H,21,22). The number of carbonyl (C=O) groups excluding carboxylic acids is 1. The van der Waals surface area contributed by atoms with Gasteiger partial charge in [-0.15, -0.1) is 0 Å². The van der Waals surface area contributed by atoms with Gasteiger partial charge >= 0.3 is 0 Å². The van der Waals surface area contributed by atoms with E-state index in [2.05, 4.69) is 5.32 Å². The van der Waals surface area contributed by atoms with Crippen molar-refractivity contribution < 1.29 is 13.9 Å². The van der Waals surface area contributed by atoms with Gasteiger partial charge in [-0.05, 0) is 54.3 Å². The number of nitriles is 1. The molecule has 0 aliphatic heterocycles. The van der Waals surface area contributed by atoms with Crippen molar-refractivity contribution in [1.29, 1.82) is 5.26 Å². The highest BCUT2D eigenvalue weighted by Gasteiger charge is 2.44. The molecule has 0 spiro atoms. The molecule has 1 fully saturated rings. The zero-order valence-electron chi connectivity index (χ0n) is 12.5. The quantitative estimate of drug-likeness (QED) is 0.941. The highest BCUT2D eigenvalue weighted by Crippen LogP contribution is 2.48. The molecule has 1 N–H and O–H groups in total. The molecule has 1 saturated carbocycles. The second kappa shape index (κ2) is 6.09. The third-order valence-corrected chi connectivity index (χ3v) is 4.03. The Morgan fingerprint density at radius 1 is 1.30 bits per heavy atom. The normalized spacial score (nSPS) is 18.8. The lowest BCUT2D eigenvalue weighted by Crippen LogP contribution is -2.14. The highest BCUT2D eigenvalue weighted by atomic mass is 19.1. The number of carbonyl (C=O) groups is 1. The first-order valence-corrected chi connectivity index (χ1v) is 7.27. The number of nitrogens with one attached hydrogen (secondary N) is 1. The molecule has 2 aromatic rings. The van der Waals surface area contributed by atoms with Crippen molar-refractivity contribution >= 4 is 11.6 Å². The van der Waals surface area contributed by atoms with E-state index in [0.717, 1.165) is 11.3 Å². The molecule has 2 aromatic carbocycles. The van der Waals surface area contributed by atoms with Crippen LogP contribution in [-0.2, 0) is 4.79 Å². The molecule has 3 rings (SSSR count). The topological polar surface area (TPSA) is 62.1 Å². The third-order valence-electron chi connectivity index (χ3n) is 4.03. The molecule has 23 heavy (non-hydrogen) atoms. The van der Waals surface area contributed by atoms with Crippen LogP contribution in [0.25, 0.3) is 0 Å². The first kappa shape index (κ1) is 15.0. The van der Waals surface area contributed by atoms with E-state index in [1.165, 1.54) is 12.1 Å². The molecule has 0 bridgehead atoms. The number of ether oxygens (including phenoxy) is 1. The summed E-state index contributed by atoms with van der Waals surface area (Å²) in [6.07, 6.45) is 0.688. The first-order chi connectivity index (χ1) is 11.1. The largest absolute Gasteiger partial charge is 0.497 e. The Kier molecular flexibility index (Phi) is 3.98. The van der Waals surface area contributed by atoms with E-state index in [1.54, 1.807) is 43.5 Å². The fraction of sp³-hybridized carbons (Fsp3) is 0.222. The molecule has 4 nitrogen and oxygen atoms in total. The summed E-state index contributed by atoms with van der Waals surface area (Å²) in [6, 6.07) is 13.4. The molecule has 2 unspecified atom stereocenters. The number of nitrogens with zero attached hydrogens (tertiary/aromatic N) is 1. The van der Waals surface area contributed by atoms with E-state index in [0.29, 0.717) is 12.1 Å². The maximum atomic E-state index is 13.7. The van der Waals surface area contributed by atoms with Gasteiger partial charge < -0.3 is 10.1 Å². The average Bonchev–Trinajstić information content (AvgIpc) is 3.36.